The van der Waals surface area contributed by atoms with Crippen LogP contribution in [0, 0.1) is 6.92 Å². The van der Waals surface area contributed by atoms with Crippen LogP contribution in [-0.4, -0.2) is 4.98 Å². The summed E-state index contributed by atoms with van der Waals surface area (Å²) in [4.78, 5) is 5.39. The van der Waals surface area contributed by atoms with Gasteiger partial charge in [-0.05, 0) is 28.1 Å². The molecule has 0 radical (unpaired) electrons. The van der Waals surface area contributed by atoms with Gasteiger partial charge in [0.05, 0.1) is 15.2 Å². The number of aromatic nitrogens is 1. The van der Waals surface area contributed by atoms with Crippen molar-refractivity contribution < 1.29 is 4.42 Å². The van der Waals surface area contributed by atoms with Crippen molar-refractivity contribution in [2.75, 3.05) is 0 Å². The molecule has 74 valence electrons. The summed E-state index contributed by atoms with van der Waals surface area (Å²) in [6.45, 7) is 2.21. The fourth-order valence-corrected chi connectivity index (χ4v) is 2.64. The van der Waals surface area contributed by atoms with Gasteiger partial charge in [-0.25, -0.2) is 4.98 Å². The van der Waals surface area contributed by atoms with E-state index in [9.17, 15) is 0 Å². The second kappa shape index (κ2) is 3.84. The van der Waals surface area contributed by atoms with Crippen molar-refractivity contribution in [3.8, 4) is 10.6 Å². The Morgan fingerprint density at radius 1 is 1.57 bits per heavy atom. The zero-order valence-electron chi connectivity index (χ0n) is 7.58. The molecule has 2 aromatic rings. The van der Waals surface area contributed by atoms with Gasteiger partial charge in [0.2, 0.25) is 0 Å². The molecule has 2 rings (SSSR count). The Morgan fingerprint density at radius 3 is 2.93 bits per heavy atom. The second-order valence-corrected chi connectivity index (χ2v) is 5.28. The standard InChI is InChI=1S/C9H9BrN2OS/c1-5-12-9(6(4-11)13-5)7-2-3-8(10)14-7/h2-3H,4,11H2,1H3. The number of halogens is 1. The van der Waals surface area contributed by atoms with E-state index in [0.717, 1.165) is 20.1 Å². The highest BCUT2D eigenvalue weighted by molar-refractivity contribution is 9.11. The fraction of sp³-hybridized carbons (Fsp3) is 0.222. The fourth-order valence-electron chi connectivity index (χ4n) is 1.24. The monoisotopic (exact) mass is 272 g/mol. The number of hydrogen-bond acceptors (Lipinski definition) is 4. The van der Waals surface area contributed by atoms with Crippen molar-refractivity contribution in [2.45, 2.75) is 13.5 Å². The first kappa shape index (κ1) is 9.89. The van der Waals surface area contributed by atoms with Crippen molar-refractivity contribution in [3.63, 3.8) is 0 Å². The van der Waals surface area contributed by atoms with Gasteiger partial charge in [-0.2, -0.15) is 0 Å². The Bertz CT molecular complexity index is 449. The van der Waals surface area contributed by atoms with E-state index in [1.54, 1.807) is 11.3 Å². The van der Waals surface area contributed by atoms with Gasteiger partial charge < -0.3 is 10.2 Å². The van der Waals surface area contributed by atoms with Crippen LogP contribution in [0.5, 0.6) is 0 Å². The summed E-state index contributed by atoms with van der Waals surface area (Å²) in [5.74, 6) is 1.40. The number of nitrogens with two attached hydrogens (primary N) is 1. The Morgan fingerprint density at radius 2 is 2.36 bits per heavy atom. The molecule has 0 aliphatic carbocycles. The number of aryl methyl sites for hydroxylation is 1. The Kier molecular flexibility index (Phi) is 2.71. The highest BCUT2D eigenvalue weighted by Crippen LogP contribution is 2.32. The zero-order chi connectivity index (χ0) is 10.1. The molecule has 5 heteroatoms. The predicted octanol–water partition coefficient (Wildman–Crippen LogP) is 2.93. The highest BCUT2D eigenvalue weighted by atomic mass is 79.9. The molecule has 0 aliphatic rings. The Hall–Kier alpha value is -0.650. The summed E-state index contributed by atoms with van der Waals surface area (Å²) in [6.07, 6.45) is 0. The average Bonchev–Trinajstić information content (AvgIpc) is 2.71. The molecule has 14 heavy (non-hydrogen) atoms. The lowest BCUT2D eigenvalue weighted by Gasteiger charge is -1.92. The Balaban J connectivity index is 2.49. The van der Waals surface area contributed by atoms with Crippen molar-refractivity contribution >= 4 is 27.3 Å². The van der Waals surface area contributed by atoms with Crippen LogP contribution in [0.2, 0.25) is 0 Å². The SMILES string of the molecule is Cc1nc(-c2ccc(Br)s2)c(CN)o1. The van der Waals surface area contributed by atoms with Gasteiger partial charge in [-0.3, -0.25) is 0 Å². The largest absolute Gasteiger partial charge is 0.444 e. The minimum absolute atomic E-state index is 0.381. The third-order valence-electron chi connectivity index (χ3n) is 1.80. The zero-order valence-corrected chi connectivity index (χ0v) is 9.98. The van der Waals surface area contributed by atoms with Crippen LogP contribution < -0.4 is 5.73 Å². The maximum atomic E-state index is 5.57. The summed E-state index contributed by atoms with van der Waals surface area (Å²) < 4.78 is 6.46. The second-order valence-electron chi connectivity index (χ2n) is 2.81. The molecule has 0 aliphatic heterocycles. The lowest BCUT2D eigenvalue weighted by atomic mass is 10.3. The molecule has 0 bridgehead atoms. The molecule has 0 amide bonds. The van der Waals surface area contributed by atoms with Gasteiger partial charge in [-0.1, -0.05) is 0 Å². The normalized spacial score (nSPS) is 10.8. The molecule has 3 nitrogen and oxygen atoms in total. The summed E-state index contributed by atoms with van der Waals surface area (Å²) in [5, 5.41) is 0. The average molecular weight is 273 g/mol. The predicted molar refractivity (Wildman–Crippen MR) is 60.1 cm³/mol. The van der Waals surface area contributed by atoms with Gasteiger partial charge >= 0.3 is 0 Å². The minimum Gasteiger partial charge on any atom is -0.444 e. The van der Waals surface area contributed by atoms with E-state index in [0.29, 0.717) is 12.4 Å². The first-order valence-corrected chi connectivity index (χ1v) is 5.73. The van der Waals surface area contributed by atoms with Crippen molar-refractivity contribution in [1.82, 2.24) is 4.98 Å². The topological polar surface area (TPSA) is 52.0 Å². The molecule has 0 spiro atoms. The third-order valence-corrected chi connectivity index (χ3v) is 3.43. The molecule has 2 aromatic heterocycles. The van der Waals surface area contributed by atoms with Crippen LogP contribution in [-0.2, 0) is 6.54 Å². The number of nitrogens with zero attached hydrogens (tertiary/aromatic N) is 1. The van der Waals surface area contributed by atoms with E-state index in [1.807, 2.05) is 19.1 Å². The molecule has 0 saturated carbocycles. The van der Waals surface area contributed by atoms with Crippen molar-refractivity contribution in [3.05, 3.63) is 27.6 Å². The van der Waals surface area contributed by atoms with E-state index in [-0.39, 0.29) is 0 Å². The number of hydrogen-bond donors (Lipinski definition) is 1. The number of thiophene rings is 1. The molecule has 0 fully saturated rings. The lowest BCUT2D eigenvalue weighted by Crippen LogP contribution is -1.95. The summed E-state index contributed by atoms with van der Waals surface area (Å²) in [5.41, 5.74) is 6.43. The molecular weight excluding hydrogens is 264 g/mol. The quantitative estimate of drug-likeness (QED) is 0.915. The lowest BCUT2D eigenvalue weighted by molar-refractivity contribution is 0.477. The number of oxazole rings is 1. The van der Waals surface area contributed by atoms with Gasteiger partial charge in [0.25, 0.3) is 0 Å². The highest BCUT2D eigenvalue weighted by Gasteiger charge is 2.13. The van der Waals surface area contributed by atoms with E-state index >= 15 is 0 Å². The maximum absolute atomic E-state index is 5.57. The van der Waals surface area contributed by atoms with Crippen LogP contribution in [0.25, 0.3) is 10.6 Å². The van der Waals surface area contributed by atoms with Crippen LogP contribution in [0.1, 0.15) is 11.7 Å². The summed E-state index contributed by atoms with van der Waals surface area (Å²) >= 11 is 5.03. The van der Waals surface area contributed by atoms with E-state index in [2.05, 4.69) is 20.9 Å². The van der Waals surface area contributed by atoms with Crippen LogP contribution in [0.4, 0.5) is 0 Å². The molecule has 2 N–H and O–H groups in total. The van der Waals surface area contributed by atoms with Crippen LogP contribution in [0.15, 0.2) is 20.3 Å². The van der Waals surface area contributed by atoms with Gasteiger partial charge in [-0.15, -0.1) is 11.3 Å². The van der Waals surface area contributed by atoms with Crippen LogP contribution in [0.3, 0.4) is 0 Å². The van der Waals surface area contributed by atoms with Gasteiger partial charge in [0.15, 0.2) is 5.89 Å². The first-order valence-electron chi connectivity index (χ1n) is 4.13. The molecular formula is C9H9BrN2OS. The summed E-state index contributed by atoms with van der Waals surface area (Å²) in [6, 6.07) is 4.00. The molecule has 0 atom stereocenters. The van der Waals surface area contributed by atoms with E-state index in [1.165, 1.54) is 0 Å². The smallest absolute Gasteiger partial charge is 0.191 e. The molecule has 0 unspecified atom stereocenters. The van der Waals surface area contributed by atoms with Crippen molar-refractivity contribution in [1.29, 1.82) is 0 Å². The van der Waals surface area contributed by atoms with E-state index < -0.39 is 0 Å². The maximum Gasteiger partial charge on any atom is 0.191 e. The molecule has 2 heterocycles. The number of rotatable bonds is 2. The van der Waals surface area contributed by atoms with Gasteiger partial charge in [0.1, 0.15) is 11.5 Å². The van der Waals surface area contributed by atoms with Crippen LogP contribution >= 0.6 is 27.3 Å². The summed E-state index contributed by atoms with van der Waals surface area (Å²) in [7, 11) is 0. The van der Waals surface area contributed by atoms with Crippen molar-refractivity contribution in [2.24, 2.45) is 5.73 Å². The first-order chi connectivity index (χ1) is 6.70. The van der Waals surface area contributed by atoms with E-state index in [4.69, 9.17) is 10.2 Å². The molecule has 0 saturated heterocycles. The molecule has 0 aromatic carbocycles. The Labute approximate surface area is 94.1 Å². The minimum atomic E-state index is 0.381. The van der Waals surface area contributed by atoms with Gasteiger partial charge in [0, 0.05) is 6.92 Å². The third kappa shape index (κ3) is 1.75.